The van der Waals surface area contributed by atoms with E-state index in [1.807, 2.05) is 37.4 Å². The van der Waals surface area contributed by atoms with Crippen LogP contribution in [-0.2, 0) is 13.0 Å². The van der Waals surface area contributed by atoms with Gasteiger partial charge in [-0.15, -0.1) is 10.2 Å². The second-order valence-electron chi connectivity index (χ2n) is 5.99. The van der Waals surface area contributed by atoms with E-state index in [0.29, 0.717) is 18.3 Å². The van der Waals surface area contributed by atoms with Crippen molar-refractivity contribution in [2.75, 3.05) is 13.6 Å². The van der Waals surface area contributed by atoms with Crippen molar-refractivity contribution in [2.24, 2.45) is 0 Å². The Kier molecular flexibility index (Phi) is 3.96. The molecule has 0 bridgehead atoms. The van der Waals surface area contributed by atoms with Crippen LogP contribution in [0.3, 0.4) is 0 Å². The molecule has 6 nitrogen and oxygen atoms in total. The summed E-state index contributed by atoms with van der Waals surface area (Å²) in [7, 11) is 2.03. The Labute approximate surface area is 140 Å². The molecule has 0 saturated heterocycles. The number of aromatic nitrogens is 3. The van der Waals surface area contributed by atoms with Crippen LogP contribution in [-0.4, -0.2) is 39.8 Å². The molecule has 1 aromatic carbocycles. The zero-order valence-corrected chi connectivity index (χ0v) is 13.4. The lowest BCUT2D eigenvalue weighted by atomic mass is 10.1. The van der Waals surface area contributed by atoms with E-state index in [2.05, 4.69) is 26.1 Å². The first-order chi connectivity index (χ1) is 11.8. The molecular weight excluding hydrogens is 304 g/mol. The lowest BCUT2D eigenvalue weighted by Crippen LogP contribution is -2.31. The number of pyridine rings is 1. The van der Waals surface area contributed by atoms with Gasteiger partial charge in [0.05, 0.1) is 12.1 Å². The van der Waals surface area contributed by atoms with Crippen LogP contribution in [0.4, 0.5) is 0 Å². The number of ether oxygens (including phenoxy) is 1. The van der Waals surface area contributed by atoms with Crippen molar-refractivity contribution in [1.29, 1.82) is 0 Å². The van der Waals surface area contributed by atoms with Crippen molar-refractivity contribution in [3.05, 3.63) is 60.2 Å². The van der Waals surface area contributed by atoms with Gasteiger partial charge in [0, 0.05) is 25.4 Å². The summed E-state index contributed by atoms with van der Waals surface area (Å²) in [5, 5.41) is 8.21. The number of fused-ring (bicyclic) bond motifs is 1. The highest BCUT2D eigenvalue weighted by atomic mass is 16.5. The van der Waals surface area contributed by atoms with Gasteiger partial charge in [-0.2, -0.15) is 0 Å². The molecule has 0 radical (unpaired) electrons. The van der Waals surface area contributed by atoms with Crippen molar-refractivity contribution < 1.29 is 9.15 Å². The van der Waals surface area contributed by atoms with Crippen molar-refractivity contribution in [1.82, 2.24) is 20.1 Å². The highest BCUT2D eigenvalue weighted by Crippen LogP contribution is 2.28. The minimum atomic E-state index is 0.160. The molecule has 3 heterocycles. The Morgan fingerprint density at radius 1 is 1.17 bits per heavy atom. The molecule has 0 spiro atoms. The third kappa shape index (κ3) is 3.14. The molecule has 4 rings (SSSR count). The lowest BCUT2D eigenvalue weighted by Gasteiger charge is -2.19. The summed E-state index contributed by atoms with van der Waals surface area (Å²) in [6, 6.07) is 11.9. The van der Waals surface area contributed by atoms with Gasteiger partial charge in [0.25, 0.3) is 0 Å². The van der Waals surface area contributed by atoms with Crippen LogP contribution < -0.4 is 4.74 Å². The molecule has 24 heavy (non-hydrogen) atoms. The number of rotatable bonds is 5. The largest absolute Gasteiger partial charge is 0.488 e. The summed E-state index contributed by atoms with van der Waals surface area (Å²) in [5.74, 6) is 2.08. The first-order valence-electron chi connectivity index (χ1n) is 7.94. The number of hydrogen-bond donors (Lipinski definition) is 0. The SMILES string of the molecule is CN(Cc1nnc(-c2cccnc2)o1)C[C@H]1Cc2ccccc2O1. The van der Waals surface area contributed by atoms with Gasteiger partial charge in [0.1, 0.15) is 11.9 Å². The molecule has 0 amide bonds. The van der Waals surface area contributed by atoms with Crippen LogP contribution in [0.15, 0.2) is 53.2 Å². The predicted octanol–water partition coefficient (Wildman–Crippen LogP) is 2.57. The van der Waals surface area contributed by atoms with E-state index in [1.54, 1.807) is 12.4 Å². The summed E-state index contributed by atoms with van der Waals surface area (Å²) in [4.78, 5) is 6.20. The van der Waals surface area contributed by atoms with Crippen molar-refractivity contribution in [3.8, 4) is 17.2 Å². The number of hydrogen-bond acceptors (Lipinski definition) is 6. The fourth-order valence-corrected chi connectivity index (χ4v) is 2.92. The number of benzene rings is 1. The Balaban J connectivity index is 1.36. The lowest BCUT2D eigenvalue weighted by molar-refractivity contribution is 0.158. The zero-order chi connectivity index (χ0) is 16.4. The monoisotopic (exact) mass is 322 g/mol. The van der Waals surface area contributed by atoms with E-state index in [-0.39, 0.29) is 6.10 Å². The molecule has 122 valence electrons. The minimum absolute atomic E-state index is 0.160. The van der Waals surface area contributed by atoms with Crippen molar-refractivity contribution in [2.45, 2.75) is 19.1 Å². The molecule has 0 saturated carbocycles. The number of para-hydroxylation sites is 1. The van der Waals surface area contributed by atoms with Crippen LogP contribution in [0.1, 0.15) is 11.5 Å². The second-order valence-corrected chi connectivity index (χ2v) is 5.99. The molecule has 0 fully saturated rings. The number of nitrogens with zero attached hydrogens (tertiary/aromatic N) is 4. The summed E-state index contributed by atoms with van der Waals surface area (Å²) in [6.07, 6.45) is 4.53. The van der Waals surface area contributed by atoms with Gasteiger partial charge in [-0.05, 0) is 30.8 Å². The van der Waals surface area contributed by atoms with Crippen LogP contribution >= 0.6 is 0 Å². The zero-order valence-electron chi connectivity index (χ0n) is 13.4. The Morgan fingerprint density at radius 3 is 2.92 bits per heavy atom. The molecule has 0 unspecified atom stereocenters. The quantitative estimate of drug-likeness (QED) is 0.719. The van der Waals surface area contributed by atoms with Gasteiger partial charge in [-0.25, -0.2) is 0 Å². The average molecular weight is 322 g/mol. The maximum Gasteiger partial charge on any atom is 0.249 e. The average Bonchev–Trinajstić information content (AvgIpc) is 3.21. The molecule has 1 aliphatic heterocycles. The maximum atomic E-state index is 5.97. The van der Waals surface area contributed by atoms with E-state index >= 15 is 0 Å². The van der Waals surface area contributed by atoms with E-state index in [9.17, 15) is 0 Å². The smallest absolute Gasteiger partial charge is 0.249 e. The van der Waals surface area contributed by atoms with Gasteiger partial charge in [0.15, 0.2) is 0 Å². The molecule has 6 heteroatoms. The molecule has 2 aromatic heterocycles. The topological polar surface area (TPSA) is 64.3 Å². The van der Waals surface area contributed by atoms with Crippen LogP contribution in [0.25, 0.3) is 11.5 Å². The van der Waals surface area contributed by atoms with Crippen LogP contribution in [0.5, 0.6) is 5.75 Å². The van der Waals surface area contributed by atoms with Crippen LogP contribution in [0, 0.1) is 0 Å². The molecule has 0 aliphatic carbocycles. The van der Waals surface area contributed by atoms with E-state index in [1.165, 1.54) is 5.56 Å². The Bertz CT molecular complexity index is 794. The highest BCUT2D eigenvalue weighted by Gasteiger charge is 2.24. The highest BCUT2D eigenvalue weighted by molar-refractivity contribution is 5.49. The molecule has 1 aliphatic rings. The third-order valence-corrected chi connectivity index (χ3v) is 4.01. The summed E-state index contributed by atoms with van der Waals surface area (Å²) in [6.45, 7) is 1.39. The fourth-order valence-electron chi connectivity index (χ4n) is 2.92. The van der Waals surface area contributed by atoms with Crippen LogP contribution in [0.2, 0.25) is 0 Å². The van der Waals surface area contributed by atoms with Crippen molar-refractivity contribution in [3.63, 3.8) is 0 Å². The molecular formula is C18H18N4O2. The standard InChI is InChI=1S/C18H18N4O2/c1-22(11-15-9-13-5-2-3-7-16(13)23-15)12-17-20-21-18(24-17)14-6-4-8-19-10-14/h2-8,10,15H,9,11-12H2,1H3/t15-/m1/s1. The molecule has 0 N–H and O–H groups in total. The summed E-state index contributed by atoms with van der Waals surface area (Å²) >= 11 is 0. The normalized spacial score (nSPS) is 16.2. The molecule has 3 aromatic rings. The van der Waals surface area contributed by atoms with Gasteiger partial charge in [0.2, 0.25) is 11.8 Å². The predicted molar refractivity (Wildman–Crippen MR) is 88.4 cm³/mol. The Morgan fingerprint density at radius 2 is 2.08 bits per heavy atom. The second kappa shape index (κ2) is 6.41. The summed E-state index contributed by atoms with van der Waals surface area (Å²) in [5.41, 5.74) is 2.10. The van der Waals surface area contributed by atoms with Crippen molar-refractivity contribution >= 4 is 0 Å². The van der Waals surface area contributed by atoms with Gasteiger partial charge >= 0.3 is 0 Å². The third-order valence-electron chi connectivity index (χ3n) is 4.01. The van der Waals surface area contributed by atoms with Gasteiger partial charge < -0.3 is 9.15 Å². The van der Waals surface area contributed by atoms with Gasteiger partial charge in [-0.1, -0.05) is 18.2 Å². The maximum absolute atomic E-state index is 5.97. The molecule has 1 atom stereocenters. The number of likely N-dealkylation sites (N-methyl/N-ethyl adjacent to an activating group) is 1. The first kappa shape index (κ1) is 14.8. The van der Waals surface area contributed by atoms with E-state index < -0.39 is 0 Å². The Hall–Kier alpha value is -2.73. The van der Waals surface area contributed by atoms with Gasteiger partial charge in [-0.3, -0.25) is 9.88 Å². The van der Waals surface area contributed by atoms with E-state index in [0.717, 1.165) is 24.3 Å². The fraction of sp³-hybridized carbons (Fsp3) is 0.278. The first-order valence-corrected chi connectivity index (χ1v) is 7.94. The minimum Gasteiger partial charge on any atom is -0.488 e. The van der Waals surface area contributed by atoms with E-state index in [4.69, 9.17) is 9.15 Å². The summed E-state index contributed by atoms with van der Waals surface area (Å²) < 4.78 is 11.7.